The first kappa shape index (κ1) is 15.9. The van der Waals surface area contributed by atoms with Gasteiger partial charge < -0.3 is 4.90 Å². The summed E-state index contributed by atoms with van der Waals surface area (Å²) in [7, 11) is 0. The number of likely N-dealkylation sites (tertiary alicyclic amines) is 1. The number of para-hydroxylation sites is 1. The van der Waals surface area contributed by atoms with Crippen molar-refractivity contribution in [1.82, 2.24) is 4.90 Å². The van der Waals surface area contributed by atoms with Crippen molar-refractivity contribution in [3.63, 3.8) is 0 Å². The number of carbonyl (C=O) groups is 1. The Balaban J connectivity index is 1.84. The average molecular weight is 329 g/mol. The second-order valence-corrected chi connectivity index (χ2v) is 6.31. The first-order valence-electron chi connectivity index (χ1n) is 8.10. The van der Waals surface area contributed by atoms with Crippen LogP contribution in [0.15, 0.2) is 54.6 Å². The number of piperidine rings is 1. The molecule has 2 amide bonds. The molecule has 2 aromatic carbocycles. The van der Waals surface area contributed by atoms with Gasteiger partial charge in [-0.2, -0.15) is 0 Å². The van der Waals surface area contributed by atoms with Crippen molar-refractivity contribution in [3.8, 4) is 0 Å². The molecule has 3 nitrogen and oxygen atoms in total. The third kappa shape index (κ3) is 4.05. The fraction of sp³-hybridized carbons (Fsp3) is 0.316. The quantitative estimate of drug-likeness (QED) is 0.781. The number of urea groups is 1. The highest BCUT2D eigenvalue weighted by molar-refractivity contribution is 6.30. The zero-order valence-electron chi connectivity index (χ0n) is 13.1. The monoisotopic (exact) mass is 328 g/mol. The van der Waals surface area contributed by atoms with E-state index in [0.717, 1.165) is 37.2 Å². The second kappa shape index (κ2) is 7.51. The van der Waals surface area contributed by atoms with Crippen molar-refractivity contribution in [2.45, 2.75) is 25.8 Å². The first-order chi connectivity index (χ1) is 11.2. The Morgan fingerprint density at radius 2 is 1.61 bits per heavy atom. The van der Waals surface area contributed by atoms with Crippen LogP contribution >= 0.6 is 11.6 Å². The van der Waals surface area contributed by atoms with Crippen molar-refractivity contribution in [1.29, 1.82) is 0 Å². The van der Waals surface area contributed by atoms with Crippen LogP contribution in [0, 0.1) is 0 Å². The van der Waals surface area contributed by atoms with Crippen molar-refractivity contribution in [2.75, 3.05) is 18.0 Å². The number of hydrogen-bond donors (Lipinski definition) is 0. The van der Waals surface area contributed by atoms with E-state index in [1.54, 1.807) is 0 Å². The van der Waals surface area contributed by atoms with Gasteiger partial charge in [0, 0.05) is 23.8 Å². The lowest BCUT2D eigenvalue weighted by atomic mass is 10.1. The molecular weight excluding hydrogens is 308 g/mol. The van der Waals surface area contributed by atoms with E-state index in [2.05, 4.69) is 0 Å². The molecule has 0 bridgehead atoms. The van der Waals surface area contributed by atoms with Gasteiger partial charge in [-0.05, 0) is 49.1 Å². The Hall–Kier alpha value is -2.00. The van der Waals surface area contributed by atoms with Crippen LogP contribution in [0.2, 0.25) is 5.02 Å². The molecule has 0 aliphatic carbocycles. The molecule has 1 aliphatic rings. The smallest absolute Gasteiger partial charge is 0.324 e. The molecule has 1 fully saturated rings. The normalized spacial score (nSPS) is 14.6. The predicted molar refractivity (Wildman–Crippen MR) is 94.9 cm³/mol. The molecule has 0 radical (unpaired) electrons. The number of benzene rings is 2. The van der Waals surface area contributed by atoms with E-state index in [-0.39, 0.29) is 6.03 Å². The summed E-state index contributed by atoms with van der Waals surface area (Å²) in [5.41, 5.74) is 2.00. The predicted octanol–water partition coefficient (Wildman–Crippen LogP) is 4.95. The summed E-state index contributed by atoms with van der Waals surface area (Å²) in [5.74, 6) is 0. The maximum atomic E-state index is 13.0. The van der Waals surface area contributed by atoms with Gasteiger partial charge in [0.05, 0.1) is 6.54 Å². The molecule has 1 saturated heterocycles. The van der Waals surface area contributed by atoms with E-state index >= 15 is 0 Å². The molecule has 4 heteroatoms. The molecule has 0 N–H and O–H groups in total. The summed E-state index contributed by atoms with van der Waals surface area (Å²) >= 11 is 5.96. The van der Waals surface area contributed by atoms with Crippen molar-refractivity contribution in [3.05, 3.63) is 65.2 Å². The van der Waals surface area contributed by atoms with Crippen LogP contribution in [-0.4, -0.2) is 24.0 Å². The van der Waals surface area contributed by atoms with Crippen LogP contribution in [0.4, 0.5) is 10.5 Å². The van der Waals surface area contributed by atoms with Gasteiger partial charge in [-0.1, -0.05) is 41.9 Å². The number of anilines is 1. The van der Waals surface area contributed by atoms with Crippen LogP contribution in [0.25, 0.3) is 0 Å². The molecular formula is C19H21ClN2O. The fourth-order valence-electron chi connectivity index (χ4n) is 2.91. The van der Waals surface area contributed by atoms with E-state index in [4.69, 9.17) is 11.6 Å². The van der Waals surface area contributed by atoms with E-state index in [0.29, 0.717) is 11.6 Å². The summed E-state index contributed by atoms with van der Waals surface area (Å²) in [6.45, 7) is 2.25. The highest BCUT2D eigenvalue weighted by Gasteiger charge is 2.23. The molecule has 0 atom stereocenters. The van der Waals surface area contributed by atoms with Gasteiger partial charge in [-0.3, -0.25) is 4.90 Å². The number of hydrogen-bond acceptors (Lipinski definition) is 1. The summed E-state index contributed by atoms with van der Waals surface area (Å²) in [5, 5.41) is 0.711. The second-order valence-electron chi connectivity index (χ2n) is 5.88. The minimum absolute atomic E-state index is 0.0888. The summed E-state index contributed by atoms with van der Waals surface area (Å²) in [4.78, 5) is 16.8. The van der Waals surface area contributed by atoms with Crippen LogP contribution in [0.5, 0.6) is 0 Å². The lowest BCUT2D eigenvalue weighted by Gasteiger charge is -2.33. The molecule has 120 valence electrons. The Bertz CT molecular complexity index is 636. The van der Waals surface area contributed by atoms with Gasteiger partial charge in [0.25, 0.3) is 0 Å². The van der Waals surface area contributed by atoms with Crippen LogP contribution in [0.3, 0.4) is 0 Å². The molecule has 0 spiro atoms. The molecule has 0 saturated carbocycles. The van der Waals surface area contributed by atoms with Gasteiger partial charge in [-0.25, -0.2) is 4.79 Å². The minimum atomic E-state index is 0.0888. The zero-order valence-corrected chi connectivity index (χ0v) is 13.9. The molecule has 0 unspecified atom stereocenters. The zero-order chi connectivity index (χ0) is 16.1. The van der Waals surface area contributed by atoms with Gasteiger partial charge in [-0.15, -0.1) is 0 Å². The minimum Gasteiger partial charge on any atom is -0.324 e. The Morgan fingerprint density at radius 3 is 2.26 bits per heavy atom. The first-order valence-corrected chi connectivity index (χ1v) is 8.48. The van der Waals surface area contributed by atoms with Crippen molar-refractivity contribution in [2.24, 2.45) is 0 Å². The SMILES string of the molecule is O=C(N1CCCCC1)N(Cc1ccc(Cl)cc1)c1ccccc1. The molecule has 23 heavy (non-hydrogen) atoms. The summed E-state index contributed by atoms with van der Waals surface area (Å²) < 4.78 is 0. The Kier molecular flexibility index (Phi) is 5.19. The fourth-order valence-corrected chi connectivity index (χ4v) is 3.03. The molecule has 1 aliphatic heterocycles. The maximum Gasteiger partial charge on any atom is 0.324 e. The summed E-state index contributed by atoms with van der Waals surface area (Å²) in [6, 6.07) is 17.6. The molecule has 2 aromatic rings. The van der Waals surface area contributed by atoms with E-state index in [9.17, 15) is 4.79 Å². The van der Waals surface area contributed by atoms with E-state index < -0.39 is 0 Å². The van der Waals surface area contributed by atoms with E-state index in [1.165, 1.54) is 6.42 Å². The van der Waals surface area contributed by atoms with E-state index in [1.807, 2.05) is 64.4 Å². The lowest BCUT2D eigenvalue weighted by Crippen LogP contribution is -2.45. The number of rotatable bonds is 3. The Labute approximate surface area is 142 Å². The van der Waals surface area contributed by atoms with Crippen molar-refractivity contribution < 1.29 is 4.79 Å². The van der Waals surface area contributed by atoms with Gasteiger partial charge in [0.2, 0.25) is 0 Å². The average Bonchev–Trinajstić information content (AvgIpc) is 2.62. The topological polar surface area (TPSA) is 23.6 Å². The summed E-state index contributed by atoms with van der Waals surface area (Å²) in [6.07, 6.45) is 3.40. The number of halogens is 1. The van der Waals surface area contributed by atoms with Crippen LogP contribution in [0.1, 0.15) is 24.8 Å². The third-order valence-corrected chi connectivity index (χ3v) is 4.43. The maximum absolute atomic E-state index is 13.0. The lowest BCUT2D eigenvalue weighted by molar-refractivity contribution is 0.192. The molecule has 1 heterocycles. The van der Waals surface area contributed by atoms with Crippen molar-refractivity contribution >= 4 is 23.3 Å². The van der Waals surface area contributed by atoms with Gasteiger partial charge in [0.1, 0.15) is 0 Å². The Morgan fingerprint density at radius 1 is 0.957 bits per heavy atom. The molecule has 3 rings (SSSR count). The van der Waals surface area contributed by atoms with Crippen LogP contribution < -0.4 is 4.90 Å². The van der Waals surface area contributed by atoms with Gasteiger partial charge in [0.15, 0.2) is 0 Å². The largest absolute Gasteiger partial charge is 0.324 e. The number of carbonyl (C=O) groups excluding carboxylic acids is 1. The third-order valence-electron chi connectivity index (χ3n) is 4.18. The number of nitrogens with zero attached hydrogens (tertiary/aromatic N) is 2. The highest BCUT2D eigenvalue weighted by atomic mass is 35.5. The standard InChI is InChI=1S/C19H21ClN2O/c20-17-11-9-16(10-12-17)15-22(18-7-3-1-4-8-18)19(23)21-13-5-2-6-14-21/h1,3-4,7-12H,2,5-6,13-15H2. The van der Waals surface area contributed by atoms with Gasteiger partial charge >= 0.3 is 6.03 Å². The molecule has 0 aromatic heterocycles. The van der Waals surface area contributed by atoms with Crippen LogP contribution in [-0.2, 0) is 6.54 Å². The highest BCUT2D eigenvalue weighted by Crippen LogP contribution is 2.21. The number of amides is 2.